The van der Waals surface area contributed by atoms with E-state index in [1.165, 1.54) is 4.90 Å². The molecular weight excluding hydrogens is 444 g/mol. The number of benzene rings is 1. The fraction of sp³-hybridized carbons (Fsp3) is 0.385. The van der Waals surface area contributed by atoms with E-state index in [1.54, 1.807) is 19.3 Å². The lowest BCUT2D eigenvalue weighted by Crippen LogP contribution is -2.46. The maximum Gasteiger partial charge on any atom is 0.262 e. The zero-order valence-corrected chi connectivity index (χ0v) is 20.2. The van der Waals surface area contributed by atoms with Gasteiger partial charge in [0.1, 0.15) is 12.1 Å². The maximum atomic E-state index is 13.5. The Morgan fingerprint density at radius 2 is 1.80 bits per heavy atom. The van der Waals surface area contributed by atoms with Crippen molar-refractivity contribution in [2.24, 2.45) is 0 Å². The molecular formula is C26H32N6O3. The number of hydrogen-bond donors (Lipinski definition) is 2. The van der Waals surface area contributed by atoms with E-state index in [0.29, 0.717) is 23.2 Å². The smallest absolute Gasteiger partial charge is 0.262 e. The lowest BCUT2D eigenvalue weighted by molar-refractivity contribution is -0.108. The van der Waals surface area contributed by atoms with Crippen LogP contribution in [0.4, 0.5) is 17.2 Å². The largest absolute Gasteiger partial charge is 0.397 e. The number of nitrogens with two attached hydrogens (primary N) is 1. The van der Waals surface area contributed by atoms with Crippen LogP contribution in [0.25, 0.3) is 0 Å². The first-order chi connectivity index (χ1) is 17.0. The first-order valence-corrected chi connectivity index (χ1v) is 12.0. The SMILES string of the molecule is CC/C=C(/NC)C(CCC=O)N1C(=O)c2ccc(N3CCN(c4ccc(N)cn4)CC3)cc2C1=O. The summed E-state index contributed by atoms with van der Waals surface area (Å²) in [7, 11) is 1.77. The highest BCUT2D eigenvalue weighted by Gasteiger charge is 2.41. The van der Waals surface area contributed by atoms with Crippen LogP contribution in [-0.2, 0) is 4.79 Å². The minimum atomic E-state index is -0.503. The van der Waals surface area contributed by atoms with Crippen molar-refractivity contribution in [2.45, 2.75) is 32.2 Å². The molecule has 1 fully saturated rings. The second-order valence-corrected chi connectivity index (χ2v) is 8.71. The first-order valence-electron chi connectivity index (χ1n) is 12.0. The van der Waals surface area contributed by atoms with Gasteiger partial charge in [0, 0.05) is 51.0 Å². The Labute approximate surface area is 205 Å². The zero-order valence-electron chi connectivity index (χ0n) is 20.2. The minimum Gasteiger partial charge on any atom is -0.397 e. The van der Waals surface area contributed by atoms with Gasteiger partial charge in [-0.05, 0) is 43.2 Å². The van der Waals surface area contributed by atoms with Gasteiger partial charge >= 0.3 is 0 Å². The van der Waals surface area contributed by atoms with Gasteiger partial charge < -0.3 is 25.6 Å². The quantitative estimate of drug-likeness (QED) is 0.419. The predicted molar refractivity (Wildman–Crippen MR) is 137 cm³/mol. The summed E-state index contributed by atoms with van der Waals surface area (Å²) in [6.07, 6.45) is 5.84. The van der Waals surface area contributed by atoms with Crippen molar-refractivity contribution in [1.82, 2.24) is 15.2 Å². The summed E-state index contributed by atoms with van der Waals surface area (Å²) in [5.41, 5.74) is 8.90. The van der Waals surface area contributed by atoms with Gasteiger partial charge in [0.2, 0.25) is 0 Å². The summed E-state index contributed by atoms with van der Waals surface area (Å²) in [6, 6.07) is 8.75. The van der Waals surface area contributed by atoms with E-state index in [2.05, 4.69) is 20.1 Å². The second kappa shape index (κ2) is 10.6. The number of pyridine rings is 1. The van der Waals surface area contributed by atoms with Crippen molar-refractivity contribution in [3.8, 4) is 0 Å². The number of allylic oxidation sites excluding steroid dienone is 1. The molecule has 3 N–H and O–H groups in total. The summed E-state index contributed by atoms with van der Waals surface area (Å²) in [5.74, 6) is 0.264. The molecule has 0 aliphatic carbocycles. The van der Waals surface area contributed by atoms with E-state index in [-0.39, 0.29) is 18.2 Å². The number of imide groups is 1. The third-order valence-corrected chi connectivity index (χ3v) is 6.58. The number of piperazine rings is 1. The van der Waals surface area contributed by atoms with Crippen LogP contribution in [-0.4, -0.2) is 67.3 Å². The van der Waals surface area contributed by atoms with E-state index in [4.69, 9.17) is 5.73 Å². The van der Waals surface area contributed by atoms with Crippen LogP contribution in [0.3, 0.4) is 0 Å². The third-order valence-electron chi connectivity index (χ3n) is 6.58. The fourth-order valence-corrected chi connectivity index (χ4v) is 4.78. The highest BCUT2D eigenvalue weighted by atomic mass is 16.2. The monoisotopic (exact) mass is 476 g/mol. The molecule has 1 aromatic heterocycles. The van der Waals surface area contributed by atoms with E-state index in [9.17, 15) is 14.4 Å². The van der Waals surface area contributed by atoms with Crippen LogP contribution in [0.1, 0.15) is 46.9 Å². The molecule has 2 aliphatic rings. The highest BCUT2D eigenvalue weighted by Crippen LogP contribution is 2.32. The van der Waals surface area contributed by atoms with Gasteiger partial charge in [0.15, 0.2) is 0 Å². The number of nitrogen functional groups attached to an aromatic ring is 1. The molecule has 9 nitrogen and oxygen atoms in total. The van der Waals surface area contributed by atoms with Gasteiger partial charge in [0.25, 0.3) is 11.8 Å². The first kappa shape index (κ1) is 24.3. The molecule has 9 heteroatoms. The molecule has 1 aromatic carbocycles. The number of nitrogens with zero attached hydrogens (tertiary/aromatic N) is 4. The topological polar surface area (TPSA) is 112 Å². The minimum absolute atomic E-state index is 0.263. The van der Waals surface area contributed by atoms with Gasteiger partial charge in [-0.1, -0.05) is 13.0 Å². The van der Waals surface area contributed by atoms with Gasteiger partial charge in [0.05, 0.1) is 29.1 Å². The van der Waals surface area contributed by atoms with E-state index >= 15 is 0 Å². The highest BCUT2D eigenvalue weighted by molar-refractivity contribution is 6.22. The van der Waals surface area contributed by atoms with Crippen molar-refractivity contribution in [2.75, 3.05) is 48.8 Å². The Morgan fingerprint density at radius 1 is 1.09 bits per heavy atom. The Balaban J connectivity index is 1.53. The number of carbonyl (C=O) groups excluding carboxylic acids is 3. The van der Waals surface area contributed by atoms with Crippen LogP contribution in [0.2, 0.25) is 0 Å². The Hall–Kier alpha value is -3.88. The van der Waals surface area contributed by atoms with Crippen molar-refractivity contribution >= 4 is 35.3 Å². The lowest BCUT2D eigenvalue weighted by atomic mass is 10.1. The zero-order chi connectivity index (χ0) is 24.9. The predicted octanol–water partition coefficient (Wildman–Crippen LogP) is 2.45. The molecule has 1 saturated heterocycles. The molecule has 0 bridgehead atoms. The van der Waals surface area contributed by atoms with Gasteiger partial charge in [-0.25, -0.2) is 4.98 Å². The molecule has 184 valence electrons. The second-order valence-electron chi connectivity index (χ2n) is 8.71. The molecule has 35 heavy (non-hydrogen) atoms. The number of hydrogen-bond acceptors (Lipinski definition) is 8. The number of amides is 2. The fourth-order valence-electron chi connectivity index (χ4n) is 4.78. The average Bonchev–Trinajstić information content (AvgIpc) is 3.13. The lowest BCUT2D eigenvalue weighted by Gasteiger charge is -2.36. The normalized spacial score (nSPS) is 17.0. The molecule has 2 aliphatic heterocycles. The maximum absolute atomic E-state index is 13.5. The van der Waals surface area contributed by atoms with Gasteiger partial charge in [-0.2, -0.15) is 0 Å². The van der Waals surface area contributed by atoms with Crippen molar-refractivity contribution in [3.05, 3.63) is 59.4 Å². The molecule has 1 unspecified atom stereocenters. The molecule has 4 rings (SSSR count). The van der Waals surface area contributed by atoms with E-state index in [0.717, 1.165) is 56.1 Å². The van der Waals surface area contributed by atoms with Crippen LogP contribution in [0.5, 0.6) is 0 Å². The number of aldehydes is 1. The van der Waals surface area contributed by atoms with E-state index in [1.807, 2.05) is 37.3 Å². The number of likely N-dealkylation sites (N-methyl/N-ethyl adjacent to an activating group) is 1. The number of fused-ring (bicyclic) bond motifs is 1. The van der Waals surface area contributed by atoms with Crippen molar-refractivity contribution < 1.29 is 14.4 Å². The van der Waals surface area contributed by atoms with Crippen LogP contribution in [0.15, 0.2) is 48.3 Å². The van der Waals surface area contributed by atoms with Crippen LogP contribution >= 0.6 is 0 Å². The number of aromatic nitrogens is 1. The molecule has 0 saturated carbocycles. The Kier molecular flexibility index (Phi) is 7.33. The third kappa shape index (κ3) is 4.84. The average molecular weight is 477 g/mol. The van der Waals surface area contributed by atoms with Gasteiger partial charge in [-0.15, -0.1) is 0 Å². The summed E-state index contributed by atoms with van der Waals surface area (Å²) in [5, 5.41) is 3.11. The summed E-state index contributed by atoms with van der Waals surface area (Å²) < 4.78 is 0. The van der Waals surface area contributed by atoms with Crippen molar-refractivity contribution in [3.63, 3.8) is 0 Å². The Morgan fingerprint density at radius 3 is 2.43 bits per heavy atom. The number of carbonyl (C=O) groups is 3. The molecule has 2 aromatic rings. The van der Waals surface area contributed by atoms with Crippen LogP contribution < -0.4 is 20.9 Å². The molecule has 2 amide bonds. The number of anilines is 3. The van der Waals surface area contributed by atoms with E-state index < -0.39 is 6.04 Å². The molecule has 0 radical (unpaired) electrons. The van der Waals surface area contributed by atoms with Crippen molar-refractivity contribution in [1.29, 1.82) is 0 Å². The standard InChI is InChI=1S/C26H32N6O3/c1-3-5-22(28-2)23(6-4-15-33)32-25(34)20-9-8-19(16-21(20)26(32)35)30-11-13-31(14-12-30)24-10-7-18(27)17-29-24/h5,7-10,15-17,23,28H,3-4,6,11-14,27H2,1-2H3/b22-5+. The molecule has 0 spiro atoms. The van der Waals surface area contributed by atoms with Crippen LogP contribution in [0, 0.1) is 0 Å². The summed E-state index contributed by atoms with van der Waals surface area (Å²) in [6.45, 7) is 5.09. The van der Waals surface area contributed by atoms with Gasteiger partial charge in [-0.3, -0.25) is 14.5 Å². The number of nitrogens with one attached hydrogen (secondary N) is 1. The summed E-state index contributed by atoms with van der Waals surface area (Å²) in [4.78, 5) is 47.9. The summed E-state index contributed by atoms with van der Waals surface area (Å²) >= 11 is 0. The Bertz CT molecular complexity index is 1120. The molecule has 1 atom stereocenters. The number of rotatable bonds is 9. The molecule has 3 heterocycles.